The van der Waals surface area contributed by atoms with Crippen LogP contribution < -0.4 is 18.9 Å². The number of likely N-dealkylation sites (N-methyl/N-ethyl adjacent to an activating group) is 1. The Kier molecular flexibility index (Phi) is 36.6. The summed E-state index contributed by atoms with van der Waals surface area (Å²) in [7, 11) is 2.19. The van der Waals surface area contributed by atoms with Gasteiger partial charge in [0.15, 0.2) is 0 Å². The number of piperidine rings is 1. The van der Waals surface area contributed by atoms with E-state index in [4.69, 9.17) is 89.0 Å². The first-order valence-corrected chi connectivity index (χ1v) is 53.1. The SMILES string of the molecule is CCOC(=O)N1CCc2c([nH]c3ccc(Cl)cc23)C1c1ccc(OCCCCN2CCCCC2)cc1.CCOC(=O)N1CCc2c([nH]c3ccc(Cl)cc23)C1c1ccc(OCCCCN2CCN(C)CC2)cc1.CCOC(=O)N1CCc2c([nH]c3ccc(Cl)cc23)C1c1ccc(OCCCCN2CCOCC2)cc1.CCOC(=O)N1CCc2c([nH]c3ccc(Cl)cc23)C1c1ccc(OCCCCn2cncn2)cc1. The molecule has 4 unspecified atom stereocenters. The fraction of sp³-hybridized carbons (Fsp3) is 0.446. The molecule has 0 saturated carbocycles. The van der Waals surface area contributed by atoms with Gasteiger partial charge >= 0.3 is 24.4 Å². The third-order valence-electron chi connectivity index (χ3n) is 28.2. The number of morpholine rings is 1. The molecule has 0 radical (unpaired) electrons. The molecule has 5 aromatic heterocycles. The molecule has 4 N–H and O–H groups in total. The zero-order chi connectivity index (χ0) is 99.8. The van der Waals surface area contributed by atoms with Crippen LogP contribution in [0, 0.1) is 0 Å². The fourth-order valence-electron chi connectivity index (χ4n) is 20.9. The molecule has 764 valence electrons. The number of rotatable bonds is 32. The summed E-state index contributed by atoms with van der Waals surface area (Å²) < 4.78 is 52.9. The van der Waals surface area contributed by atoms with Crippen LogP contribution in [0.5, 0.6) is 23.0 Å². The predicted octanol–water partition coefficient (Wildman–Crippen LogP) is 22.7. The summed E-state index contributed by atoms with van der Waals surface area (Å²) in [5.41, 5.74) is 17.1. The third kappa shape index (κ3) is 26.0. The minimum Gasteiger partial charge on any atom is -0.494 e. The van der Waals surface area contributed by atoms with Gasteiger partial charge in [0.2, 0.25) is 0 Å². The summed E-state index contributed by atoms with van der Waals surface area (Å²) in [6, 6.07) is 54.8. The Morgan fingerprint density at radius 1 is 0.340 bits per heavy atom. The van der Waals surface area contributed by atoms with Crippen molar-refractivity contribution in [1.82, 2.24) is 73.9 Å². The van der Waals surface area contributed by atoms with Gasteiger partial charge in [-0.3, -0.25) is 29.2 Å². The third-order valence-corrected chi connectivity index (χ3v) is 29.2. The molecule has 0 spiro atoms. The van der Waals surface area contributed by atoms with Crippen molar-refractivity contribution >= 4 is 114 Å². The molecule has 4 amide bonds. The van der Waals surface area contributed by atoms with Crippen molar-refractivity contribution in [1.29, 1.82) is 0 Å². The van der Waals surface area contributed by atoms with E-state index in [1.807, 2.05) is 193 Å². The first kappa shape index (κ1) is 104. The zero-order valence-electron chi connectivity index (χ0n) is 83.4. The number of hydrogen-bond acceptors (Lipinski definition) is 19. The number of carbonyl (C=O) groups is 4. The number of piperazine rings is 1. The van der Waals surface area contributed by atoms with E-state index in [1.165, 1.54) is 67.6 Å². The van der Waals surface area contributed by atoms with E-state index in [2.05, 4.69) is 80.9 Å². The number of likely N-dealkylation sites (tertiary alicyclic amines) is 1. The molecule has 20 rings (SSSR count). The maximum absolute atomic E-state index is 12.9. The summed E-state index contributed by atoms with van der Waals surface area (Å²) in [6.07, 6.45) is 17.5. The van der Waals surface area contributed by atoms with Crippen LogP contribution >= 0.6 is 46.4 Å². The topological polar surface area (TPSA) is 271 Å². The first-order valence-electron chi connectivity index (χ1n) is 51.5. The average Bonchev–Trinajstić information content (AvgIpc) is 1.65. The number of benzene rings is 8. The molecule has 7 aliphatic heterocycles. The highest BCUT2D eigenvalue weighted by Gasteiger charge is 2.41. The van der Waals surface area contributed by atoms with Crippen LogP contribution in [-0.4, -0.2) is 270 Å². The van der Waals surface area contributed by atoms with Crippen LogP contribution in [0.1, 0.15) is 190 Å². The lowest BCUT2D eigenvalue weighted by molar-refractivity contribution is 0.0368. The van der Waals surface area contributed by atoms with Gasteiger partial charge in [-0.2, -0.15) is 5.10 Å². The second-order valence-electron chi connectivity index (χ2n) is 37.7. The van der Waals surface area contributed by atoms with Gasteiger partial charge < -0.3 is 77.3 Å². The van der Waals surface area contributed by atoms with Crippen LogP contribution in [0.3, 0.4) is 0 Å². The lowest BCUT2D eigenvalue weighted by Crippen LogP contribution is -2.44. The number of aromatic nitrogens is 7. The second kappa shape index (κ2) is 50.9. The maximum atomic E-state index is 12.9. The Balaban J connectivity index is 0.000000132. The van der Waals surface area contributed by atoms with Gasteiger partial charge in [0.1, 0.15) is 59.8 Å². The minimum absolute atomic E-state index is 0.252. The van der Waals surface area contributed by atoms with Gasteiger partial charge in [-0.1, -0.05) is 101 Å². The Morgan fingerprint density at radius 3 is 0.910 bits per heavy atom. The molecule has 32 heteroatoms. The number of aromatic amines is 4. The Hall–Kier alpha value is -11.7. The van der Waals surface area contributed by atoms with E-state index in [1.54, 1.807) is 17.6 Å². The molecule has 8 aromatic carbocycles. The van der Waals surface area contributed by atoms with E-state index >= 15 is 0 Å². The molecule has 7 aliphatic rings. The van der Waals surface area contributed by atoms with Crippen molar-refractivity contribution in [2.24, 2.45) is 0 Å². The maximum Gasteiger partial charge on any atom is 0.410 e. The number of nitrogens with one attached hydrogen (secondary N) is 4. The van der Waals surface area contributed by atoms with E-state index < -0.39 is 0 Å². The highest BCUT2D eigenvalue weighted by atomic mass is 35.5. The number of unbranched alkanes of at least 4 members (excludes halogenated alkanes) is 4. The van der Waals surface area contributed by atoms with Gasteiger partial charge in [0.05, 0.1) is 66.1 Å². The molecule has 4 atom stereocenters. The normalized spacial score (nSPS) is 17.6. The van der Waals surface area contributed by atoms with Crippen LogP contribution in [0.15, 0.2) is 183 Å². The van der Waals surface area contributed by atoms with Crippen LogP contribution in [0.4, 0.5) is 19.2 Å². The Labute approximate surface area is 863 Å². The smallest absolute Gasteiger partial charge is 0.410 e. The molecule has 13 aromatic rings. The van der Waals surface area contributed by atoms with Crippen LogP contribution in [0.25, 0.3) is 43.6 Å². The molecular weight excluding hydrogens is 1910 g/mol. The van der Waals surface area contributed by atoms with Crippen molar-refractivity contribution in [3.8, 4) is 23.0 Å². The second-order valence-corrected chi connectivity index (χ2v) is 39.4. The fourth-order valence-corrected chi connectivity index (χ4v) is 21.6. The standard InChI is InChI=1S/C29H37ClN4O3.C29H36ClN3O3.C28H34ClN3O4.C26H28ClN5O3/c1-3-36-29(35)34-14-12-24-25-20-22(30)8-11-26(25)31-27(24)28(34)21-6-9-23(10-7-21)37-19-5-4-13-33-17-15-32(2)16-18-33;1-2-35-29(34)33-18-14-24-25-20-22(30)10-13-26(25)31-27(24)28(33)21-8-11-23(12-9-21)36-19-7-6-17-32-15-4-3-5-16-32;1-2-35-28(33)32-13-11-23-24-19-21(29)7-10-25(24)30-26(23)27(32)20-5-8-22(9-6-20)36-16-4-3-12-31-14-17-34-18-15-31;1-2-34-26(33)32-13-11-21-22-15-19(27)7-10-23(22)30-24(21)25(32)18-5-8-20(9-6-18)35-14-4-3-12-31-17-28-16-29-31/h6-11,20,28,31H,3-5,12-19H2,1-2H3;8-13,20,28,31H,2-7,14-19H2,1H3;5-10,19,27,30H,2-4,11-18H2,1H3;5-10,15-17,25,30H,2-4,11-14H2,1H3. The summed E-state index contributed by atoms with van der Waals surface area (Å²) in [5, 5.41) is 11.4. The Morgan fingerprint density at radius 2 is 0.625 bits per heavy atom. The summed E-state index contributed by atoms with van der Waals surface area (Å²) in [4.78, 5) is 86.9. The number of aryl methyl sites for hydroxylation is 1. The van der Waals surface area contributed by atoms with Gasteiger partial charge in [0.25, 0.3) is 0 Å². The first-order chi connectivity index (χ1) is 70.4. The van der Waals surface area contributed by atoms with Crippen molar-refractivity contribution in [3.63, 3.8) is 0 Å². The van der Waals surface area contributed by atoms with Crippen molar-refractivity contribution in [2.45, 2.75) is 155 Å². The largest absolute Gasteiger partial charge is 0.494 e. The van der Waals surface area contributed by atoms with Crippen LogP contribution in [-0.2, 0) is 55.9 Å². The van der Waals surface area contributed by atoms with E-state index in [9.17, 15) is 19.2 Å². The van der Waals surface area contributed by atoms with Crippen molar-refractivity contribution in [2.75, 3.05) is 171 Å². The molecule has 0 bridgehead atoms. The lowest BCUT2D eigenvalue weighted by atomic mass is 9.92. The number of ether oxygens (including phenoxy) is 9. The number of nitrogens with zero attached hydrogens (tertiary/aromatic N) is 11. The monoisotopic (exact) mass is 2040 g/mol. The number of fused-ring (bicyclic) bond motifs is 12. The summed E-state index contributed by atoms with van der Waals surface area (Å²) in [5.74, 6) is 3.35. The quantitative estimate of drug-likeness (QED) is 0.0225. The molecule has 3 saturated heterocycles. The molecule has 12 heterocycles. The average molecular weight is 2040 g/mol. The minimum atomic E-state index is -0.312. The summed E-state index contributed by atoms with van der Waals surface area (Å²) >= 11 is 25.2. The summed E-state index contributed by atoms with van der Waals surface area (Å²) in [6.45, 7) is 28.9. The molecule has 0 aliphatic carbocycles. The van der Waals surface area contributed by atoms with Crippen molar-refractivity contribution in [3.05, 3.63) is 270 Å². The number of hydrogen-bond donors (Lipinski definition) is 4. The van der Waals surface area contributed by atoms with E-state index in [0.717, 1.165) is 261 Å². The number of amides is 4. The molecule has 28 nitrogen and oxygen atoms in total. The van der Waals surface area contributed by atoms with E-state index in [-0.39, 0.29) is 48.5 Å². The number of H-pyrrole nitrogens is 4. The van der Waals surface area contributed by atoms with Gasteiger partial charge in [-0.25, -0.2) is 24.2 Å². The van der Waals surface area contributed by atoms with Gasteiger partial charge in [-0.15, -0.1) is 0 Å². The Bertz CT molecular complexity index is 6170. The van der Waals surface area contributed by atoms with Gasteiger partial charge in [0, 0.05) is 158 Å². The molecule has 3 fully saturated rings. The number of halogens is 4. The van der Waals surface area contributed by atoms with Gasteiger partial charge in [-0.05, 0) is 323 Å². The number of carbonyl (C=O) groups excluding carboxylic acids is 4. The molecular formula is C112H135Cl4N15O13. The predicted molar refractivity (Wildman–Crippen MR) is 567 cm³/mol. The lowest BCUT2D eigenvalue weighted by Gasteiger charge is -2.35. The highest BCUT2D eigenvalue weighted by Crippen LogP contribution is 2.46. The van der Waals surface area contributed by atoms with Crippen LogP contribution in [0.2, 0.25) is 20.1 Å². The van der Waals surface area contributed by atoms with Crippen molar-refractivity contribution < 1.29 is 61.8 Å². The molecule has 144 heavy (non-hydrogen) atoms. The zero-order valence-corrected chi connectivity index (χ0v) is 86.4. The van der Waals surface area contributed by atoms with E-state index in [0.29, 0.717) is 92.5 Å². The highest BCUT2D eigenvalue weighted by molar-refractivity contribution is 6.32.